The molecular weight excluding hydrogens is 767 g/mol. The molecule has 0 radical (unpaired) electrons. The maximum absolute atomic E-state index is 5.46. The number of nitrogens with zero attached hydrogens (tertiary/aromatic N) is 5. The van der Waals surface area contributed by atoms with Gasteiger partial charge in [0.1, 0.15) is 0 Å². The van der Waals surface area contributed by atoms with E-state index in [1.165, 1.54) is 59.8 Å². The number of hydrogen-bond acceptors (Lipinski definition) is 2. The molecule has 0 saturated heterocycles. The molecule has 0 aliphatic rings. The summed E-state index contributed by atoms with van der Waals surface area (Å²) in [4.78, 5) is 10.8. The summed E-state index contributed by atoms with van der Waals surface area (Å²) in [7, 11) is 0. The topological polar surface area (TPSA) is 40.6 Å². The minimum Gasteiger partial charge on any atom is -0.309 e. The van der Waals surface area contributed by atoms with Gasteiger partial charge in [-0.05, 0) is 76.8 Å². The van der Waals surface area contributed by atoms with Crippen LogP contribution in [0.15, 0.2) is 212 Å². The minimum absolute atomic E-state index is 0.644. The molecule has 0 aliphatic heterocycles. The van der Waals surface area contributed by atoms with Crippen molar-refractivity contribution in [1.82, 2.24) is 23.7 Å². The first-order chi connectivity index (χ1) is 31.3. The maximum atomic E-state index is 5.46. The Morgan fingerprint density at radius 1 is 0.302 bits per heavy atom. The largest absolute Gasteiger partial charge is 0.309 e. The molecule has 63 heavy (non-hydrogen) atoms. The van der Waals surface area contributed by atoms with E-state index in [2.05, 4.69) is 226 Å². The van der Waals surface area contributed by atoms with Crippen molar-refractivity contribution < 1.29 is 0 Å². The highest BCUT2D eigenvalue weighted by Gasteiger charge is 2.23. The number of rotatable bonds is 4. The van der Waals surface area contributed by atoms with Gasteiger partial charge in [0.25, 0.3) is 0 Å². The standard InChI is InChI=1S/C58H35N5/c1-2-16-38-34-39(29-28-36(38)14-1)57-44-20-5-9-23-47(44)59-58(60-57)63-49-24-10-6-19-42(49)43-31-30-40(35-54(43)63)61-50-25-11-7-21-45(50)55-52(61)32-33-53-56(55)46-22-8-12-26-51(46)62(53)48-27-13-17-37-15-3-4-18-41(37)48/h1-35H. The number of para-hydroxylation sites is 4. The Morgan fingerprint density at radius 2 is 0.873 bits per heavy atom. The first-order valence-electron chi connectivity index (χ1n) is 21.5. The normalized spacial score (nSPS) is 12.1. The lowest BCUT2D eigenvalue weighted by atomic mass is 10.0. The van der Waals surface area contributed by atoms with Crippen molar-refractivity contribution in [2.24, 2.45) is 0 Å². The summed E-state index contributed by atoms with van der Waals surface area (Å²) in [5, 5.41) is 13.1. The van der Waals surface area contributed by atoms with Crippen molar-refractivity contribution in [1.29, 1.82) is 0 Å². The van der Waals surface area contributed by atoms with Gasteiger partial charge < -0.3 is 9.13 Å². The molecule has 0 aliphatic carbocycles. The zero-order chi connectivity index (χ0) is 41.2. The third-order valence-corrected chi connectivity index (χ3v) is 13.2. The van der Waals surface area contributed by atoms with Crippen LogP contribution in [-0.4, -0.2) is 23.7 Å². The molecule has 0 saturated carbocycles. The van der Waals surface area contributed by atoms with Crippen molar-refractivity contribution in [3.05, 3.63) is 212 Å². The van der Waals surface area contributed by atoms with E-state index in [0.717, 1.165) is 60.7 Å². The Morgan fingerprint density at radius 3 is 1.65 bits per heavy atom. The zero-order valence-corrected chi connectivity index (χ0v) is 33.9. The van der Waals surface area contributed by atoms with Crippen molar-refractivity contribution in [3.63, 3.8) is 0 Å². The third-order valence-electron chi connectivity index (χ3n) is 13.2. The highest BCUT2D eigenvalue weighted by Crippen LogP contribution is 2.44. The maximum Gasteiger partial charge on any atom is 0.235 e. The molecule has 5 nitrogen and oxygen atoms in total. The van der Waals surface area contributed by atoms with Gasteiger partial charge in [0.05, 0.1) is 50.0 Å². The quantitative estimate of drug-likeness (QED) is 0.178. The van der Waals surface area contributed by atoms with Crippen LogP contribution in [0.1, 0.15) is 0 Å². The molecule has 14 rings (SSSR count). The van der Waals surface area contributed by atoms with Crippen LogP contribution in [0, 0.1) is 0 Å². The number of hydrogen-bond donors (Lipinski definition) is 0. The van der Waals surface area contributed by atoms with Gasteiger partial charge in [-0.25, -0.2) is 9.97 Å². The van der Waals surface area contributed by atoms with E-state index < -0.39 is 0 Å². The summed E-state index contributed by atoms with van der Waals surface area (Å²) in [6.45, 7) is 0. The predicted octanol–water partition coefficient (Wildman–Crippen LogP) is 14.9. The number of fused-ring (bicyclic) bond motifs is 13. The third kappa shape index (κ3) is 4.87. The second kappa shape index (κ2) is 13.0. The van der Waals surface area contributed by atoms with E-state index in [4.69, 9.17) is 9.97 Å². The Balaban J connectivity index is 1.04. The van der Waals surface area contributed by atoms with Gasteiger partial charge in [0, 0.05) is 54.3 Å². The summed E-state index contributed by atoms with van der Waals surface area (Å²) >= 11 is 0. The van der Waals surface area contributed by atoms with Crippen molar-refractivity contribution >= 4 is 97.9 Å². The highest BCUT2D eigenvalue weighted by molar-refractivity contribution is 6.29. The average molecular weight is 802 g/mol. The van der Waals surface area contributed by atoms with E-state index >= 15 is 0 Å². The molecule has 0 unspecified atom stereocenters. The molecule has 0 spiro atoms. The molecule has 0 atom stereocenters. The van der Waals surface area contributed by atoms with E-state index in [1.54, 1.807) is 0 Å². The molecule has 14 aromatic rings. The van der Waals surface area contributed by atoms with Crippen LogP contribution in [0.2, 0.25) is 0 Å². The van der Waals surface area contributed by atoms with Crippen LogP contribution in [0.4, 0.5) is 0 Å². The smallest absolute Gasteiger partial charge is 0.235 e. The summed E-state index contributed by atoms with van der Waals surface area (Å²) in [5.74, 6) is 0.644. The zero-order valence-electron chi connectivity index (χ0n) is 33.9. The van der Waals surface area contributed by atoms with Crippen LogP contribution in [-0.2, 0) is 0 Å². The average Bonchev–Trinajstić information content (AvgIpc) is 3.98. The minimum atomic E-state index is 0.644. The molecule has 10 aromatic carbocycles. The summed E-state index contributed by atoms with van der Waals surface area (Å²) in [5.41, 5.74) is 11.9. The monoisotopic (exact) mass is 801 g/mol. The lowest BCUT2D eigenvalue weighted by Gasteiger charge is -2.13. The van der Waals surface area contributed by atoms with Crippen LogP contribution < -0.4 is 0 Å². The first kappa shape index (κ1) is 34.2. The second-order valence-electron chi connectivity index (χ2n) is 16.6. The van der Waals surface area contributed by atoms with Crippen molar-refractivity contribution in [2.45, 2.75) is 0 Å². The summed E-state index contributed by atoms with van der Waals surface area (Å²) in [6, 6.07) is 76.7. The van der Waals surface area contributed by atoms with Crippen molar-refractivity contribution in [2.75, 3.05) is 0 Å². The fourth-order valence-electron chi connectivity index (χ4n) is 10.5. The lowest BCUT2D eigenvalue weighted by molar-refractivity contribution is 1.01. The van der Waals surface area contributed by atoms with Crippen molar-refractivity contribution in [3.8, 4) is 28.6 Å². The Labute approximate surface area is 360 Å². The first-order valence-corrected chi connectivity index (χ1v) is 21.5. The van der Waals surface area contributed by atoms with Gasteiger partial charge in [-0.15, -0.1) is 0 Å². The van der Waals surface area contributed by atoms with Gasteiger partial charge in [0.2, 0.25) is 5.95 Å². The molecule has 4 heterocycles. The molecule has 0 fully saturated rings. The number of benzene rings is 10. The lowest BCUT2D eigenvalue weighted by Crippen LogP contribution is -2.04. The van der Waals surface area contributed by atoms with Crippen LogP contribution in [0.5, 0.6) is 0 Å². The van der Waals surface area contributed by atoms with Gasteiger partial charge in [-0.3, -0.25) is 4.57 Å². The van der Waals surface area contributed by atoms with Crippen LogP contribution in [0.3, 0.4) is 0 Å². The Hall–Kier alpha value is -8.54. The fourth-order valence-corrected chi connectivity index (χ4v) is 10.5. The SMILES string of the molecule is c1ccc2cc(-c3nc(-n4c5ccccc5c5ccc(-n6c7ccccc7c7c8c9ccccc9n(-c9cccc%10ccccc9%10)c8ccc76)cc54)nc4ccccc34)ccc2c1. The van der Waals surface area contributed by atoms with E-state index in [9.17, 15) is 0 Å². The predicted molar refractivity (Wildman–Crippen MR) is 263 cm³/mol. The molecule has 0 amide bonds. The highest BCUT2D eigenvalue weighted by atomic mass is 15.2. The van der Waals surface area contributed by atoms with Gasteiger partial charge in [-0.1, -0.05) is 152 Å². The molecule has 4 aromatic heterocycles. The number of aromatic nitrogens is 5. The Kier molecular flexibility index (Phi) is 7.05. The summed E-state index contributed by atoms with van der Waals surface area (Å²) in [6.07, 6.45) is 0. The van der Waals surface area contributed by atoms with Crippen LogP contribution >= 0.6 is 0 Å². The van der Waals surface area contributed by atoms with Gasteiger partial charge in [0.15, 0.2) is 0 Å². The van der Waals surface area contributed by atoms with Crippen LogP contribution in [0.25, 0.3) is 126 Å². The molecular formula is C58H35N5. The fraction of sp³-hybridized carbons (Fsp3) is 0. The summed E-state index contributed by atoms with van der Waals surface area (Å²) < 4.78 is 7.16. The van der Waals surface area contributed by atoms with E-state index in [-0.39, 0.29) is 0 Å². The molecule has 0 bridgehead atoms. The molecule has 292 valence electrons. The Bertz CT molecular complexity index is 4220. The van der Waals surface area contributed by atoms with E-state index in [0.29, 0.717) is 5.95 Å². The van der Waals surface area contributed by atoms with E-state index in [1.807, 2.05) is 0 Å². The van der Waals surface area contributed by atoms with Gasteiger partial charge >= 0.3 is 0 Å². The molecule has 0 N–H and O–H groups in total. The molecule has 5 heteroatoms. The van der Waals surface area contributed by atoms with Gasteiger partial charge in [-0.2, -0.15) is 0 Å². The second-order valence-corrected chi connectivity index (χ2v) is 16.6.